The maximum atomic E-state index is 6.36. The number of rotatable bonds is 4. The summed E-state index contributed by atoms with van der Waals surface area (Å²) in [6.45, 7) is 0. The number of benzene rings is 8. The molecule has 0 radical (unpaired) electrons. The Morgan fingerprint density at radius 1 is 0.275 bits per heavy atom. The van der Waals surface area contributed by atoms with Gasteiger partial charge in [-0.15, -0.1) is 0 Å². The molecule has 0 N–H and O–H groups in total. The van der Waals surface area contributed by atoms with Crippen molar-refractivity contribution in [3.8, 4) is 39.1 Å². The second-order valence-electron chi connectivity index (χ2n) is 13.3. The molecule has 0 unspecified atom stereocenters. The SMILES string of the molecule is c1ccc(-c2ccc(-n3c4ccccc4c4ccc(-c5ccc6oc7ccc(-c8ccc9oc%10ccccc%10c9c8)cc7c6c5)cc43)cc2)cc1. The minimum absolute atomic E-state index is 0.885. The van der Waals surface area contributed by atoms with E-state index in [-0.39, 0.29) is 0 Å². The van der Waals surface area contributed by atoms with Crippen LogP contribution < -0.4 is 0 Å². The van der Waals surface area contributed by atoms with E-state index in [0.717, 1.165) is 71.8 Å². The summed E-state index contributed by atoms with van der Waals surface area (Å²) in [5, 5.41) is 6.96. The topological polar surface area (TPSA) is 31.2 Å². The molecular formula is C48H29NO2. The Hall–Kier alpha value is -6.84. The van der Waals surface area contributed by atoms with E-state index in [0.29, 0.717) is 0 Å². The fraction of sp³-hybridized carbons (Fsp3) is 0. The van der Waals surface area contributed by atoms with Crippen LogP contribution in [0.3, 0.4) is 0 Å². The fourth-order valence-corrected chi connectivity index (χ4v) is 7.90. The third-order valence-corrected chi connectivity index (χ3v) is 10.4. The fourth-order valence-electron chi connectivity index (χ4n) is 7.90. The van der Waals surface area contributed by atoms with Crippen molar-refractivity contribution < 1.29 is 8.83 Å². The van der Waals surface area contributed by atoms with Crippen LogP contribution in [-0.4, -0.2) is 4.57 Å². The Bertz CT molecular complexity index is 3120. The Morgan fingerprint density at radius 3 is 1.39 bits per heavy atom. The van der Waals surface area contributed by atoms with Gasteiger partial charge in [-0.3, -0.25) is 0 Å². The zero-order chi connectivity index (χ0) is 33.5. The van der Waals surface area contributed by atoms with Crippen molar-refractivity contribution in [1.29, 1.82) is 0 Å². The van der Waals surface area contributed by atoms with Crippen molar-refractivity contribution in [3.63, 3.8) is 0 Å². The molecule has 0 amide bonds. The lowest BCUT2D eigenvalue weighted by Gasteiger charge is -2.10. The quantitative estimate of drug-likeness (QED) is 0.190. The van der Waals surface area contributed by atoms with Crippen LogP contribution >= 0.6 is 0 Å². The summed E-state index contributed by atoms with van der Waals surface area (Å²) < 4.78 is 14.8. The van der Waals surface area contributed by atoms with Gasteiger partial charge in [0.2, 0.25) is 0 Å². The van der Waals surface area contributed by atoms with Gasteiger partial charge in [-0.25, -0.2) is 0 Å². The summed E-state index contributed by atoms with van der Waals surface area (Å²) in [7, 11) is 0. The lowest BCUT2D eigenvalue weighted by atomic mass is 9.99. The molecule has 0 saturated carbocycles. The molecular weight excluding hydrogens is 623 g/mol. The highest BCUT2D eigenvalue weighted by Gasteiger charge is 2.16. The number of para-hydroxylation sites is 2. The van der Waals surface area contributed by atoms with Crippen LogP contribution in [0.5, 0.6) is 0 Å². The van der Waals surface area contributed by atoms with Gasteiger partial charge in [0.05, 0.1) is 11.0 Å². The van der Waals surface area contributed by atoms with Crippen LogP contribution in [0.15, 0.2) is 185 Å². The van der Waals surface area contributed by atoms with E-state index in [2.05, 4.69) is 168 Å². The molecule has 0 bridgehead atoms. The Labute approximate surface area is 293 Å². The average molecular weight is 652 g/mol. The zero-order valence-corrected chi connectivity index (χ0v) is 27.5. The molecule has 0 fully saturated rings. The van der Waals surface area contributed by atoms with E-state index in [1.807, 2.05) is 12.1 Å². The molecule has 0 aliphatic carbocycles. The molecule has 3 nitrogen and oxygen atoms in total. The Morgan fingerprint density at radius 2 is 0.725 bits per heavy atom. The summed E-state index contributed by atoms with van der Waals surface area (Å²) in [4.78, 5) is 0. The first kappa shape index (κ1) is 28.0. The molecule has 3 aromatic heterocycles. The maximum absolute atomic E-state index is 6.36. The molecule has 238 valence electrons. The molecule has 0 spiro atoms. The van der Waals surface area contributed by atoms with Gasteiger partial charge in [-0.1, -0.05) is 109 Å². The maximum Gasteiger partial charge on any atom is 0.135 e. The van der Waals surface area contributed by atoms with Gasteiger partial charge >= 0.3 is 0 Å². The number of aromatic nitrogens is 1. The molecule has 0 atom stereocenters. The van der Waals surface area contributed by atoms with Gasteiger partial charge in [0.1, 0.15) is 22.3 Å². The van der Waals surface area contributed by atoms with Gasteiger partial charge < -0.3 is 13.4 Å². The van der Waals surface area contributed by atoms with Crippen LogP contribution in [0.2, 0.25) is 0 Å². The van der Waals surface area contributed by atoms with Gasteiger partial charge in [-0.05, 0) is 100 Å². The van der Waals surface area contributed by atoms with Crippen molar-refractivity contribution in [3.05, 3.63) is 176 Å². The van der Waals surface area contributed by atoms with Gasteiger partial charge in [-0.2, -0.15) is 0 Å². The molecule has 3 heterocycles. The van der Waals surface area contributed by atoms with Crippen LogP contribution in [0, 0.1) is 0 Å². The highest BCUT2D eigenvalue weighted by atomic mass is 16.3. The van der Waals surface area contributed by atoms with Crippen molar-refractivity contribution in [2.75, 3.05) is 0 Å². The zero-order valence-electron chi connectivity index (χ0n) is 27.5. The van der Waals surface area contributed by atoms with Crippen LogP contribution in [0.4, 0.5) is 0 Å². The largest absolute Gasteiger partial charge is 0.456 e. The first-order chi connectivity index (χ1) is 25.2. The molecule has 3 heteroatoms. The van der Waals surface area contributed by atoms with Gasteiger partial charge in [0, 0.05) is 38.0 Å². The molecule has 11 aromatic rings. The first-order valence-corrected chi connectivity index (χ1v) is 17.3. The third-order valence-electron chi connectivity index (χ3n) is 10.4. The highest BCUT2D eigenvalue weighted by molar-refractivity contribution is 6.12. The van der Waals surface area contributed by atoms with Gasteiger partial charge in [0.25, 0.3) is 0 Å². The Kier molecular flexibility index (Phi) is 5.96. The number of fused-ring (bicyclic) bond motifs is 9. The normalized spacial score (nSPS) is 11.9. The lowest BCUT2D eigenvalue weighted by molar-refractivity contribution is 0.668. The summed E-state index contributed by atoms with van der Waals surface area (Å²) >= 11 is 0. The predicted molar refractivity (Wildman–Crippen MR) is 212 cm³/mol. The van der Waals surface area contributed by atoms with E-state index in [1.54, 1.807) is 0 Å². The van der Waals surface area contributed by atoms with E-state index >= 15 is 0 Å². The molecule has 51 heavy (non-hydrogen) atoms. The van der Waals surface area contributed by atoms with Crippen LogP contribution in [0.1, 0.15) is 0 Å². The third kappa shape index (κ3) is 4.38. The summed E-state index contributed by atoms with van der Waals surface area (Å²) in [6, 6.07) is 62.7. The number of furan rings is 2. The van der Waals surface area contributed by atoms with Crippen molar-refractivity contribution in [1.82, 2.24) is 4.57 Å². The first-order valence-electron chi connectivity index (χ1n) is 17.3. The average Bonchev–Trinajstić information content (AvgIpc) is 3.86. The second kappa shape index (κ2) is 10.8. The van der Waals surface area contributed by atoms with Crippen molar-refractivity contribution in [2.24, 2.45) is 0 Å². The number of hydrogen-bond acceptors (Lipinski definition) is 2. The van der Waals surface area contributed by atoms with Crippen molar-refractivity contribution >= 4 is 65.7 Å². The molecule has 11 rings (SSSR count). The highest BCUT2D eigenvalue weighted by Crippen LogP contribution is 2.39. The predicted octanol–water partition coefficient (Wildman–Crippen LogP) is 13.6. The lowest BCUT2D eigenvalue weighted by Crippen LogP contribution is -1.94. The smallest absolute Gasteiger partial charge is 0.135 e. The number of nitrogens with zero attached hydrogens (tertiary/aromatic N) is 1. The van der Waals surface area contributed by atoms with Crippen LogP contribution in [0.25, 0.3) is 105 Å². The van der Waals surface area contributed by atoms with Crippen LogP contribution in [-0.2, 0) is 0 Å². The van der Waals surface area contributed by atoms with E-state index < -0.39 is 0 Å². The number of hydrogen-bond donors (Lipinski definition) is 0. The monoisotopic (exact) mass is 651 g/mol. The molecule has 0 aliphatic heterocycles. The minimum atomic E-state index is 0.885. The van der Waals surface area contributed by atoms with E-state index in [4.69, 9.17) is 8.83 Å². The second-order valence-corrected chi connectivity index (χ2v) is 13.3. The summed E-state index contributed by atoms with van der Waals surface area (Å²) in [6.07, 6.45) is 0. The molecule has 8 aromatic carbocycles. The summed E-state index contributed by atoms with van der Waals surface area (Å²) in [5.74, 6) is 0. The Balaban J connectivity index is 1.03. The summed E-state index contributed by atoms with van der Waals surface area (Å²) in [5.41, 5.74) is 14.1. The van der Waals surface area contributed by atoms with E-state index in [9.17, 15) is 0 Å². The minimum Gasteiger partial charge on any atom is -0.456 e. The molecule has 0 saturated heterocycles. The van der Waals surface area contributed by atoms with Crippen molar-refractivity contribution in [2.45, 2.75) is 0 Å². The van der Waals surface area contributed by atoms with E-state index in [1.165, 1.54) is 32.9 Å². The van der Waals surface area contributed by atoms with Gasteiger partial charge in [0.15, 0.2) is 0 Å². The molecule has 0 aliphatic rings. The standard InChI is InChI=1S/C48H29NO2/c1-2-8-30(9-3-1)31-14-20-36(21-15-31)49-43-12-6-4-10-37(43)38-22-16-35(29-44(38)49)34-19-25-48-42(28-34)41-27-33(18-24-47(41)51-48)32-17-23-46-40(26-32)39-11-5-7-13-45(39)50-46/h1-29H.